The van der Waals surface area contributed by atoms with Crippen molar-refractivity contribution in [3.8, 4) is 11.8 Å². The van der Waals surface area contributed by atoms with Crippen LogP contribution in [-0.4, -0.2) is 101 Å². The van der Waals surface area contributed by atoms with Gasteiger partial charge in [-0.25, -0.2) is 14.8 Å². The van der Waals surface area contributed by atoms with Crippen LogP contribution in [0.2, 0.25) is 5.02 Å². The quantitative estimate of drug-likeness (QED) is 0.239. The maximum atomic E-state index is 12.4. The van der Waals surface area contributed by atoms with Gasteiger partial charge in [0.1, 0.15) is 18.0 Å². The van der Waals surface area contributed by atoms with E-state index in [9.17, 15) is 10.1 Å². The number of nitrogens with zero attached hydrogens (tertiary/aromatic N) is 7. The summed E-state index contributed by atoms with van der Waals surface area (Å²) in [6, 6.07) is 18.3. The van der Waals surface area contributed by atoms with Gasteiger partial charge in [-0.15, -0.1) is 0 Å². The number of likely N-dealkylation sites (tertiary alicyclic amines) is 2. The fourth-order valence-electron chi connectivity index (χ4n) is 7.48. The molecular weight excluding hydrogens is 662 g/mol. The number of piperidine rings is 1. The second-order valence-electron chi connectivity index (χ2n) is 15.8. The average Bonchev–Trinajstić information content (AvgIpc) is 3.59. The van der Waals surface area contributed by atoms with Gasteiger partial charge >= 0.3 is 6.09 Å². The molecule has 1 atom stereocenters. The first-order valence-corrected chi connectivity index (χ1v) is 18.7. The Morgan fingerprint density at radius 3 is 2.33 bits per heavy atom. The van der Waals surface area contributed by atoms with Crippen molar-refractivity contribution in [3.05, 3.63) is 82.1 Å². The largest absolute Gasteiger partial charge is 0.487 e. The van der Waals surface area contributed by atoms with Gasteiger partial charge in [0.25, 0.3) is 0 Å². The monoisotopic (exact) mass is 713 g/mol. The number of rotatable bonds is 9. The Balaban J connectivity index is 0.939. The molecule has 2 aromatic carbocycles. The van der Waals surface area contributed by atoms with Gasteiger partial charge in [0, 0.05) is 75.0 Å². The predicted octanol–water partition coefficient (Wildman–Crippen LogP) is 6.75. The van der Waals surface area contributed by atoms with Crippen LogP contribution in [0.15, 0.2) is 54.7 Å². The van der Waals surface area contributed by atoms with Crippen molar-refractivity contribution in [2.24, 2.45) is 5.92 Å². The molecule has 3 aliphatic rings. The molecule has 3 aliphatic heterocycles. The van der Waals surface area contributed by atoms with E-state index in [0.29, 0.717) is 29.2 Å². The van der Waals surface area contributed by atoms with E-state index in [1.165, 1.54) is 6.42 Å². The van der Waals surface area contributed by atoms with Gasteiger partial charge in [-0.1, -0.05) is 37.6 Å². The lowest BCUT2D eigenvalue weighted by atomic mass is 9.78. The SMILES string of the molecule is CC(C)(C)OC(=O)N1CCC(CN2CCC(N3CCN(c4nccc(COc5ccc(C(C)(C)c6cc(Cl)cc(C#N)c6)cc5)n4)CC3)C2)CC1. The van der Waals surface area contributed by atoms with Crippen LogP contribution in [0, 0.1) is 17.2 Å². The molecule has 1 unspecified atom stereocenters. The lowest BCUT2D eigenvalue weighted by Gasteiger charge is -2.38. The number of hydrogen-bond donors (Lipinski definition) is 0. The lowest BCUT2D eigenvalue weighted by Crippen LogP contribution is -2.51. The van der Waals surface area contributed by atoms with Crippen molar-refractivity contribution in [3.63, 3.8) is 0 Å². The van der Waals surface area contributed by atoms with E-state index in [1.807, 2.05) is 62.2 Å². The zero-order valence-corrected chi connectivity index (χ0v) is 31.5. The third-order valence-corrected chi connectivity index (χ3v) is 10.8. The molecule has 0 radical (unpaired) electrons. The molecule has 1 aromatic heterocycles. The number of carbonyl (C=O) groups excluding carboxylic acids is 1. The molecule has 51 heavy (non-hydrogen) atoms. The summed E-state index contributed by atoms with van der Waals surface area (Å²) in [6.07, 6.45) is 4.95. The molecule has 0 N–H and O–H groups in total. The first-order chi connectivity index (χ1) is 24.4. The maximum absolute atomic E-state index is 12.4. The van der Waals surface area contributed by atoms with E-state index in [-0.39, 0.29) is 11.5 Å². The number of nitriles is 1. The molecule has 0 bridgehead atoms. The minimum absolute atomic E-state index is 0.179. The van der Waals surface area contributed by atoms with Gasteiger partial charge in [0.05, 0.1) is 17.3 Å². The van der Waals surface area contributed by atoms with Gasteiger partial charge in [-0.05, 0) is 100 Å². The van der Waals surface area contributed by atoms with Crippen molar-refractivity contribution >= 4 is 23.6 Å². The number of anilines is 1. The van der Waals surface area contributed by atoms with E-state index in [1.54, 1.807) is 6.07 Å². The van der Waals surface area contributed by atoms with Crippen LogP contribution in [0.1, 0.15) is 76.3 Å². The summed E-state index contributed by atoms with van der Waals surface area (Å²) >= 11 is 6.30. The van der Waals surface area contributed by atoms with Crippen molar-refractivity contribution in [1.82, 2.24) is 24.7 Å². The zero-order chi connectivity index (χ0) is 36.2. The molecule has 3 saturated heterocycles. The van der Waals surface area contributed by atoms with Crippen LogP contribution < -0.4 is 9.64 Å². The normalized spacial score (nSPS) is 19.6. The molecule has 272 valence electrons. The maximum Gasteiger partial charge on any atom is 0.410 e. The van der Waals surface area contributed by atoms with Crippen LogP contribution in [0.3, 0.4) is 0 Å². The molecule has 6 rings (SSSR count). The van der Waals surface area contributed by atoms with Crippen LogP contribution in [0.4, 0.5) is 10.7 Å². The highest BCUT2D eigenvalue weighted by Gasteiger charge is 2.33. The van der Waals surface area contributed by atoms with Gasteiger partial charge < -0.3 is 24.2 Å². The molecule has 10 nitrogen and oxygen atoms in total. The van der Waals surface area contributed by atoms with Gasteiger partial charge in [0.15, 0.2) is 0 Å². The van der Waals surface area contributed by atoms with Crippen LogP contribution in [-0.2, 0) is 16.8 Å². The standard InChI is InChI=1S/C40H52ClN7O3/c1-39(2,3)51-38(49)48-16-11-29(12-17-48)26-45-15-13-35(27-45)46-18-20-47(21-19-46)37-43-14-10-34(44-37)28-50-36-8-6-31(7-9-36)40(4,5)32-22-30(25-42)23-33(41)24-32/h6-10,14,22-24,29,35H,11-13,15-21,26-28H2,1-5H3. The second kappa shape index (κ2) is 15.8. The Bertz CT molecular complexity index is 1690. The highest BCUT2D eigenvalue weighted by molar-refractivity contribution is 6.30. The smallest absolute Gasteiger partial charge is 0.410 e. The Labute approximate surface area is 308 Å². The molecule has 1 amide bonds. The number of amides is 1. The van der Waals surface area contributed by atoms with Gasteiger partial charge in [-0.3, -0.25) is 4.90 Å². The number of ether oxygens (including phenoxy) is 2. The van der Waals surface area contributed by atoms with Crippen LogP contribution >= 0.6 is 11.6 Å². The van der Waals surface area contributed by atoms with E-state index in [4.69, 9.17) is 26.1 Å². The Hall–Kier alpha value is -3.91. The average molecular weight is 714 g/mol. The molecular formula is C40H52ClN7O3. The highest BCUT2D eigenvalue weighted by atomic mass is 35.5. The van der Waals surface area contributed by atoms with Crippen molar-refractivity contribution in [2.75, 3.05) is 63.8 Å². The number of hydrogen-bond acceptors (Lipinski definition) is 9. The van der Waals surface area contributed by atoms with E-state index < -0.39 is 5.60 Å². The molecule has 3 aromatic rings. The highest BCUT2D eigenvalue weighted by Crippen LogP contribution is 2.34. The van der Waals surface area contributed by atoms with Crippen molar-refractivity contribution < 1.29 is 14.3 Å². The van der Waals surface area contributed by atoms with E-state index in [2.05, 4.69) is 51.7 Å². The number of carbonyl (C=O) groups is 1. The van der Waals surface area contributed by atoms with Gasteiger partial charge in [0.2, 0.25) is 5.95 Å². The van der Waals surface area contributed by atoms with Crippen molar-refractivity contribution in [2.45, 2.75) is 77.5 Å². The summed E-state index contributed by atoms with van der Waals surface area (Å²) in [5, 5.41) is 9.95. The third kappa shape index (κ3) is 9.50. The van der Waals surface area contributed by atoms with E-state index >= 15 is 0 Å². The molecule has 3 fully saturated rings. The molecule has 0 aliphatic carbocycles. The number of aromatic nitrogens is 2. The third-order valence-electron chi connectivity index (χ3n) is 10.6. The number of benzene rings is 2. The van der Waals surface area contributed by atoms with Crippen molar-refractivity contribution in [1.29, 1.82) is 5.26 Å². The fourth-order valence-corrected chi connectivity index (χ4v) is 7.71. The molecule has 4 heterocycles. The van der Waals surface area contributed by atoms with E-state index in [0.717, 1.165) is 100 Å². The minimum Gasteiger partial charge on any atom is -0.487 e. The summed E-state index contributed by atoms with van der Waals surface area (Å²) in [5.41, 5.74) is 2.72. The molecule has 0 spiro atoms. The molecule has 11 heteroatoms. The number of piperazine rings is 1. The van der Waals surface area contributed by atoms with Gasteiger partial charge in [-0.2, -0.15) is 5.26 Å². The summed E-state index contributed by atoms with van der Waals surface area (Å²) in [5.74, 6) is 2.17. The minimum atomic E-state index is -0.448. The van der Waals surface area contributed by atoms with Crippen LogP contribution in [0.5, 0.6) is 5.75 Å². The Kier molecular flexibility index (Phi) is 11.4. The predicted molar refractivity (Wildman–Crippen MR) is 200 cm³/mol. The lowest BCUT2D eigenvalue weighted by molar-refractivity contribution is 0.0171. The summed E-state index contributed by atoms with van der Waals surface area (Å²) in [7, 11) is 0. The first kappa shape index (κ1) is 36.9. The van der Waals surface area contributed by atoms with Crippen LogP contribution in [0.25, 0.3) is 0 Å². The first-order valence-electron chi connectivity index (χ1n) is 18.3. The number of halogens is 1. The second-order valence-corrected chi connectivity index (χ2v) is 16.2. The summed E-state index contributed by atoms with van der Waals surface area (Å²) < 4.78 is 11.7. The Morgan fingerprint density at radius 1 is 0.922 bits per heavy atom. The summed E-state index contributed by atoms with van der Waals surface area (Å²) in [6.45, 7) is 19.2. The fraction of sp³-hybridized carbons (Fsp3) is 0.550. The molecule has 0 saturated carbocycles. The topological polar surface area (TPSA) is 98.1 Å². The summed E-state index contributed by atoms with van der Waals surface area (Å²) in [4.78, 5) is 31.4. The Morgan fingerprint density at radius 2 is 1.65 bits per heavy atom. The zero-order valence-electron chi connectivity index (χ0n) is 30.8.